The van der Waals surface area contributed by atoms with E-state index in [0.29, 0.717) is 35.8 Å². The van der Waals surface area contributed by atoms with Gasteiger partial charge in [-0.15, -0.1) is 11.3 Å². The summed E-state index contributed by atoms with van der Waals surface area (Å²) < 4.78 is 10.8. The van der Waals surface area contributed by atoms with E-state index in [9.17, 15) is 9.59 Å². The second-order valence-electron chi connectivity index (χ2n) is 9.36. The summed E-state index contributed by atoms with van der Waals surface area (Å²) in [5.74, 6) is 0.971. The van der Waals surface area contributed by atoms with Crippen LogP contribution in [0.2, 0.25) is 0 Å². The van der Waals surface area contributed by atoms with Crippen molar-refractivity contribution >= 4 is 34.1 Å². The highest BCUT2D eigenvalue weighted by molar-refractivity contribution is 7.15. The van der Waals surface area contributed by atoms with Gasteiger partial charge < -0.3 is 19.4 Å². The van der Waals surface area contributed by atoms with Gasteiger partial charge in [0.05, 0.1) is 28.8 Å². The number of benzene rings is 2. The molecule has 0 unspecified atom stereocenters. The maximum absolute atomic E-state index is 13.8. The number of nitrogens with one attached hydrogen (secondary N) is 1. The fourth-order valence-electron chi connectivity index (χ4n) is 4.50. The third-order valence-electron chi connectivity index (χ3n) is 6.73. The van der Waals surface area contributed by atoms with Gasteiger partial charge in [-0.1, -0.05) is 18.2 Å². The van der Waals surface area contributed by atoms with E-state index in [1.165, 1.54) is 0 Å². The van der Waals surface area contributed by atoms with Gasteiger partial charge in [-0.25, -0.2) is 4.98 Å². The highest BCUT2D eigenvalue weighted by atomic mass is 32.1. The van der Waals surface area contributed by atoms with Crippen LogP contribution in [0.5, 0.6) is 5.75 Å². The largest absolute Gasteiger partial charge is 0.497 e. The molecule has 2 fully saturated rings. The van der Waals surface area contributed by atoms with Gasteiger partial charge in [-0.05, 0) is 61.6 Å². The van der Waals surface area contributed by atoms with Gasteiger partial charge in [0.15, 0.2) is 0 Å². The topological polar surface area (TPSA) is 84.7 Å². The lowest BCUT2D eigenvalue weighted by molar-refractivity contribution is 0.0732. The Bertz CT molecular complexity index is 1430. The molecule has 0 atom stereocenters. The number of thiazole rings is 1. The second kappa shape index (κ2) is 9.43. The van der Waals surface area contributed by atoms with Crippen molar-refractivity contribution in [2.45, 2.75) is 37.6 Å². The number of nitrogens with zero attached hydrogens (tertiary/aromatic N) is 2. The van der Waals surface area contributed by atoms with Crippen LogP contribution in [-0.2, 0) is 0 Å². The minimum absolute atomic E-state index is 0.0651. The van der Waals surface area contributed by atoms with Gasteiger partial charge >= 0.3 is 0 Å². The zero-order chi connectivity index (χ0) is 24.6. The SMILES string of the molecule is COc1cccc(-c2sc(C3CC3)nc2C(=O)N(CCNC(=O)c2cccc3occc23)C2CC2)c1. The van der Waals surface area contributed by atoms with Crippen molar-refractivity contribution in [3.05, 3.63) is 71.1 Å². The molecular weight excluding hydrogens is 474 g/mol. The van der Waals surface area contributed by atoms with Crippen molar-refractivity contribution in [2.75, 3.05) is 20.2 Å². The highest BCUT2D eigenvalue weighted by Gasteiger charge is 2.37. The van der Waals surface area contributed by atoms with Crippen LogP contribution in [0.4, 0.5) is 0 Å². The number of hydrogen-bond acceptors (Lipinski definition) is 6. The van der Waals surface area contributed by atoms with Crippen LogP contribution in [-0.4, -0.2) is 47.9 Å². The number of amides is 2. The molecule has 0 radical (unpaired) electrons. The Morgan fingerprint density at radius 1 is 1.14 bits per heavy atom. The summed E-state index contributed by atoms with van der Waals surface area (Å²) in [7, 11) is 1.64. The van der Waals surface area contributed by atoms with Crippen molar-refractivity contribution in [3.8, 4) is 16.2 Å². The van der Waals surface area contributed by atoms with Crippen LogP contribution in [0.25, 0.3) is 21.4 Å². The minimum atomic E-state index is -0.174. The molecule has 2 heterocycles. The first kappa shape index (κ1) is 22.8. The van der Waals surface area contributed by atoms with E-state index in [1.807, 2.05) is 35.2 Å². The number of carbonyl (C=O) groups is 2. The first-order chi connectivity index (χ1) is 17.6. The van der Waals surface area contributed by atoms with E-state index < -0.39 is 0 Å². The Morgan fingerprint density at radius 3 is 2.75 bits per heavy atom. The monoisotopic (exact) mass is 501 g/mol. The van der Waals surface area contributed by atoms with Gasteiger partial charge in [0.25, 0.3) is 11.8 Å². The predicted octanol–water partition coefficient (Wildman–Crippen LogP) is 5.48. The molecule has 2 aliphatic carbocycles. The lowest BCUT2D eigenvalue weighted by Gasteiger charge is -2.22. The zero-order valence-corrected chi connectivity index (χ0v) is 20.8. The lowest BCUT2D eigenvalue weighted by Crippen LogP contribution is -2.40. The number of furan rings is 1. The van der Waals surface area contributed by atoms with Crippen LogP contribution in [0.15, 0.2) is 59.2 Å². The third kappa shape index (κ3) is 4.48. The summed E-state index contributed by atoms with van der Waals surface area (Å²) in [5, 5.41) is 4.80. The summed E-state index contributed by atoms with van der Waals surface area (Å²) in [6.07, 6.45) is 5.78. The fraction of sp³-hybridized carbons (Fsp3) is 0.321. The molecule has 2 aliphatic rings. The minimum Gasteiger partial charge on any atom is -0.497 e. The quantitative estimate of drug-likeness (QED) is 0.328. The van der Waals surface area contributed by atoms with Gasteiger partial charge in [0, 0.05) is 30.4 Å². The van der Waals surface area contributed by atoms with Gasteiger partial charge in [0.1, 0.15) is 17.0 Å². The summed E-state index contributed by atoms with van der Waals surface area (Å²) >= 11 is 1.62. The average Bonchev–Trinajstić information content (AvgIpc) is 3.84. The van der Waals surface area contributed by atoms with Crippen LogP contribution in [0.1, 0.15) is 57.5 Å². The molecule has 4 aromatic rings. The summed E-state index contributed by atoms with van der Waals surface area (Å²) in [4.78, 5) is 34.3. The molecule has 0 aliphatic heterocycles. The van der Waals surface area contributed by atoms with Crippen LogP contribution >= 0.6 is 11.3 Å². The number of aromatic nitrogens is 1. The van der Waals surface area contributed by atoms with E-state index in [2.05, 4.69) is 5.32 Å². The van der Waals surface area contributed by atoms with Gasteiger partial charge in [-0.2, -0.15) is 0 Å². The summed E-state index contributed by atoms with van der Waals surface area (Å²) in [6, 6.07) is 15.2. The Kier molecular flexibility index (Phi) is 5.97. The van der Waals surface area contributed by atoms with Gasteiger partial charge in [-0.3, -0.25) is 9.59 Å². The molecular formula is C28H27N3O4S. The van der Waals surface area contributed by atoms with E-state index >= 15 is 0 Å². The van der Waals surface area contributed by atoms with E-state index in [4.69, 9.17) is 14.1 Å². The molecule has 6 rings (SSSR count). The zero-order valence-electron chi connectivity index (χ0n) is 20.0. The Morgan fingerprint density at radius 2 is 1.97 bits per heavy atom. The molecule has 0 bridgehead atoms. The Balaban J connectivity index is 1.21. The molecule has 2 amide bonds. The maximum atomic E-state index is 13.8. The first-order valence-corrected chi connectivity index (χ1v) is 13.1. The second-order valence-corrected chi connectivity index (χ2v) is 10.4. The molecule has 0 saturated heterocycles. The molecule has 1 N–H and O–H groups in total. The smallest absolute Gasteiger partial charge is 0.274 e. The summed E-state index contributed by atoms with van der Waals surface area (Å²) in [5.41, 5.74) is 2.70. The molecule has 0 spiro atoms. The number of fused-ring (bicyclic) bond motifs is 1. The number of hydrogen-bond donors (Lipinski definition) is 1. The third-order valence-corrected chi connectivity index (χ3v) is 8.00. The molecule has 8 heteroatoms. The Hall–Kier alpha value is -3.65. The molecule has 36 heavy (non-hydrogen) atoms. The number of rotatable bonds is 9. The van der Waals surface area contributed by atoms with Crippen molar-refractivity contribution in [2.24, 2.45) is 0 Å². The number of carbonyl (C=O) groups excluding carboxylic acids is 2. The number of ether oxygens (including phenoxy) is 1. The van der Waals surface area contributed by atoms with Crippen molar-refractivity contribution in [3.63, 3.8) is 0 Å². The first-order valence-electron chi connectivity index (χ1n) is 12.3. The average molecular weight is 502 g/mol. The Labute approximate surface area is 213 Å². The van der Waals surface area contributed by atoms with Crippen molar-refractivity contribution in [1.29, 1.82) is 0 Å². The van der Waals surface area contributed by atoms with E-state index in [1.54, 1.807) is 42.9 Å². The van der Waals surface area contributed by atoms with E-state index in [-0.39, 0.29) is 17.9 Å². The highest BCUT2D eigenvalue weighted by Crippen LogP contribution is 2.45. The van der Waals surface area contributed by atoms with E-state index in [0.717, 1.165) is 52.3 Å². The molecule has 7 nitrogen and oxygen atoms in total. The van der Waals surface area contributed by atoms with Gasteiger partial charge in [0.2, 0.25) is 0 Å². The molecule has 184 valence electrons. The molecule has 2 aromatic heterocycles. The van der Waals surface area contributed by atoms with Crippen molar-refractivity contribution < 1.29 is 18.7 Å². The standard InChI is InChI=1S/C28H27N3O4S/c1-34-20-5-2-4-18(16-20)25-24(30-27(36-25)17-8-9-17)28(33)31(19-10-11-19)14-13-29-26(32)22-6-3-7-23-21(22)12-15-35-23/h2-7,12,15-17,19H,8-11,13-14H2,1H3,(H,29,32). The predicted molar refractivity (Wildman–Crippen MR) is 139 cm³/mol. The van der Waals surface area contributed by atoms with Crippen LogP contribution in [0, 0.1) is 0 Å². The maximum Gasteiger partial charge on any atom is 0.274 e. The number of methoxy groups -OCH3 is 1. The van der Waals surface area contributed by atoms with Crippen molar-refractivity contribution in [1.82, 2.24) is 15.2 Å². The normalized spacial score (nSPS) is 15.1. The lowest BCUT2D eigenvalue weighted by atomic mass is 10.1. The van der Waals surface area contributed by atoms with Crippen LogP contribution < -0.4 is 10.1 Å². The van der Waals surface area contributed by atoms with Crippen LogP contribution in [0.3, 0.4) is 0 Å². The fourth-order valence-corrected chi connectivity index (χ4v) is 5.72. The summed E-state index contributed by atoms with van der Waals surface area (Å²) in [6.45, 7) is 0.799. The molecule has 2 saturated carbocycles. The molecule has 2 aromatic carbocycles.